The molecule has 0 saturated heterocycles. The van der Waals surface area contributed by atoms with E-state index < -0.39 is 15.8 Å². The number of hydrogen-bond donors (Lipinski definition) is 0. The van der Waals surface area contributed by atoms with Gasteiger partial charge in [-0.25, -0.2) is 0 Å². The van der Waals surface area contributed by atoms with Crippen LogP contribution in [0.15, 0.2) is 75.9 Å². The van der Waals surface area contributed by atoms with Gasteiger partial charge in [-0.2, -0.15) is 0 Å². The smallest absolute Gasteiger partial charge is 0.0396 e. The van der Waals surface area contributed by atoms with Gasteiger partial charge in [0.25, 0.3) is 0 Å². The van der Waals surface area contributed by atoms with Crippen LogP contribution >= 0.6 is 15.8 Å². The Morgan fingerprint density at radius 1 is 0.968 bits per heavy atom. The third-order valence-electron chi connectivity index (χ3n) is 5.90. The second-order valence-corrected chi connectivity index (χ2v) is 16.9. The lowest BCUT2D eigenvalue weighted by atomic mass is 10.1. The molecule has 0 saturated carbocycles. The molecule has 31 heavy (non-hydrogen) atoms. The van der Waals surface area contributed by atoms with E-state index >= 15 is 0 Å². The van der Waals surface area contributed by atoms with Crippen LogP contribution in [0.5, 0.6) is 0 Å². The van der Waals surface area contributed by atoms with Crippen molar-refractivity contribution in [3.8, 4) is 0 Å². The largest absolute Gasteiger partial charge is 0.0806 e. The molecule has 1 aromatic rings. The van der Waals surface area contributed by atoms with E-state index in [4.69, 9.17) is 0 Å². The molecular formula is C29H37P2. The van der Waals surface area contributed by atoms with Gasteiger partial charge in [0.05, 0.1) is 0 Å². The molecule has 2 aliphatic carbocycles. The molecular weight excluding hydrogens is 410 g/mol. The third kappa shape index (κ3) is 5.18. The van der Waals surface area contributed by atoms with Crippen molar-refractivity contribution in [3.63, 3.8) is 0 Å². The van der Waals surface area contributed by atoms with E-state index in [1.165, 1.54) is 21.8 Å². The Morgan fingerprint density at radius 3 is 2.19 bits per heavy atom. The molecule has 1 radical (unpaired) electrons. The van der Waals surface area contributed by atoms with Gasteiger partial charge < -0.3 is 0 Å². The summed E-state index contributed by atoms with van der Waals surface area (Å²) >= 11 is 0. The average molecular weight is 448 g/mol. The van der Waals surface area contributed by atoms with E-state index in [0.29, 0.717) is 11.6 Å². The van der Waals surface area contributed by atoms with Gasteiger partial charge in [-0.1, -0.05) is 117 Å². The molecule has 0 aromatic heterocycles. The summed E-state index contributed by atoms with van der Waals surface area (Å²) in [4.78, 5) is 0. The Kier molecular flexibility index (Phi) is 7.25. The van der Waals surface area contributed by atoms with Crippen LogP contribution in [0, 0.1) is 19.3 Å². The molecule has 1 aromatic carbocycles. The first kappa shape index (κ1) is 24.3. The summed E-state index contributed by atoms with van der Waals surface area (Å²) in [6.07, 6.45) is 9.09. The van der Waals surface area contributed by atoms with Gasteiger partial charge in [0.2, 0.25) is 0 Å². The van der Waals surface area contributed by atoms with Crippen molar-refractivity contribution in [1.29, 1.82) is 0 Å². The van der Waals surface area contributed by atoms with Gasteiger partial charge >= 0.3 is 0 Å². The minimum Gasteiger partial charge on any atom is -0.0806 e. The molecule has 0 aliphatic heterocycles. The van der Waals surface area contributed by atoms with Crippen molar-refractivity contribution >= 4 is 21.1 Å². The van der Waals surface area contributed by atoms with Gasteiger partial charge in [0, 0.05) is 23.0 Å². The number of hydrogen-bond acceptors (Lipinski definition) is 0. The fourth-order valence-corrected chi connectivity index (χ4v) is 12.1. The SMILES string of the molecule is Cc1ccccc1P(C1=C[CH]C=CC1C)[C@H](C)C1=C=C=C=C1P(C(C)(C)C)C(C)(C)C. The Hall–Kier alpha value is -1.36. The predicted octanol–water partition coefficient (Wildman–Crippen LogP) is 8.60. The van der Waals surface area contributed by atoms with Crippen LogP contribution < -0.4 is 5.30 Å². The standard InChI is InChI=1S/C29H37P2/c1-21-15-10-12-18-25(21)30(26-19-13-11-16-22(26)2)23(3)24-17-14-20-27(24)31(28(4,5)6)29(7,8)9/h10-13,15-16,18-19,21,23H,1-9H3/t21?,23-,30?/m1/s1. The molecule has 0 heterocycles. The van der Waals surface area contributed by atoms with Crippen LogP contribution in [0.2, 0.25) is 0 Å². The average Bonchev–Trinajstić information content (AvgIpc) is 3.11. The maximum atomic E-state index is 3.55. The summed E-state index contributed by atoms with van der Waals surface area (Å²) in [5.41, 5.74) is 13.5. The lowest BCUT2D eigenvalue weighted by molar-refractivity contribution is 0.711. The normalized spacial score (nSPS) is 20.6. The predicted molar refractivity (Wildman–Crippen MR) is 142 cm³/mol. The van der Waals surface area contributed by atoms with Crippen molar-refractivity contribution in [3.05, 3.63) is 87.9 Å². The monoisotopic (exact) mass is 447 g/mol. The van der Waals surface area contributed by atoms with Gasteiger partial charge in [0.15, 0.2) is 0 Å². The molecule has 0 nitrogen and oxygen atoms in total. The Morgan fingerprint density at radius 2 is 1.61 bits per heavy atom. The number of allylic oxidation sites excluding steroid dienone is 6. The zero-order valence-electron chi connectivity index (χ0n) is 20.7. The Labute approximate surface area is 193 Å². The molecule has 0 bridgehead atoms. The van der Waals surface area contributed by atoms with Crippen LogP contribution in [-0.4, -0.2) is 16.0 Å². The van der Waals surface area contributed by atoms with Crippen LogP contribution in [0.3, 0.4) is 0 Å². The van der Waals surface area contributed by atoms with Crippen LogP contribution in [-0.2, 0) is 0 Å². The van der Waals surface area contributed by atoms with Gasteiger partial charge in [-0.3, -0.25) is 0 Å². The Bertz CT molecular complexity index is 1020. The van der Waals surface area contributed by atoms with E-state index in [-0.39, 0.29) is 10.3 Å². The summed E-state index contributed by atoms with van der Waals surface area (Å²) in [6, 6.07) is 8.96. The summed E-state index contributed by atoms with van der Waals surface area (Å²) in [5, 5.41) is 4.83. The van der Waals surface area contributed by atoms with E-state index in [9.17, 15) is 0 Å². The van der Waals surface area contributed by atoms with Crippen LogP contribution in [0.1, 0.15) is 61.0 Å². The molecule has 0 spiro atoms. The molecule has 2 aliphatic rings. The van der Waals surface area contributed by atoms with Gasteiger partial charge in [-0.15, -0.1) is 0 Å². The lowest BCUT2D eigenvalue weighted by Crippen LogP contribution is -2.27. The highest BCUT2D eigenvalue weighted by Gasteiger charge is 2.41. The first-order chi connectivity index (χ1) is 14.4. The zero-order valence-corrected chi connectivity index (χ0v) is 22.5. The topological polar surface area (TPSA) is 0 Å². The summed E-state index contributed by atoms with van der Waals surface area (Å²) < 4.78 is 0. The Balaban J connectivity index is 2.10. The highest BCUT2D eigenvalue weighted by Crippen LogP contribution is 2.68. The molecule has 0 fully saturated rings. The number of benzene rings is 1. The fraction of sp³-hybridized carbons (Fsp3) is 0.448. The van der Waals surface area contributed by atoms with Gasteiger partial charge in [-0.05, 0) is 53.0 Å². The van der Waals surface area contributed by atoms with E-state index in [2.05, 4.69) is 128 Å². The van der Waals surface area contributed by atoms with Crippen molar-refractivity contribution in [2.45, 2.75) is 78.3 Å². The highest BCUT2D eigenvalue weighted by atomic mass is 31.1. The molecule has 3 atom stereocenters. The van der Waals surface area contributed by atoms with E-state index in [1.807, 2.05) is 0 Å². The molecule has 0 amide bonds. The minimum absolute atomic E-state index is 0.202. The van der Waals surface area contributed by atoms with Crippen molar-refractivity contribution in [2.75, 3.05) is 0 Å². The number of rotatable bonds is 5. The van der Waals surface area contributed by atoms with Crippen LogP contribution in [0.25, 0.3) is 0 Å². The maximum Gasteiger partial charge on any atom is 0.0396 e. The molecule has 163 valence electrons. The molecule has 3 rings (SSSR count). The van der Waals surface area contributed by atoms with Crippen LogP contribution in [0.4, 0.5) is 0 Å². The molecule has 2 unspecified atom stereocenters. The first-order valence-corrected chi connectivity index (χ1v) is 14.1. The van der Waals surface area contributed by atoms with E-state index in [1.54, 1.807) is 5.31 Å². The lowest BCUT2D eigenvalue weighted by Gasteiger charge is -2.43. The summed E-state index contributed by atoms with van der Waals surface area (Å²) in [7, 11) is -0.974. The zero-order chi connectivity index (χ0) is 23.0. The van der Waals surface area contributed by atoms with Crippen molar-refractivity contribution < 1.29 is 0 Å². The molecule has 2 heteroatoms. The fourth-order valence-electron chi connectivity index (χ4n) is 4.91. The summed E-state index contributed by atoms with van der Waals surface area (Å²) in [6.45, 7) is 21.3. The first-order valence-electron chi connectivity index (χ1n) is 11.3. The van der Waals surface area contributed by atoms with Crippen molar-refractivity contribution in [1.82, 2.24) is 0 Å². The maximum absolute atomic E-state index is 3.55. The second kappa shape index (κ2) is 9.25. The highest BCUT2D eigenvalue weighted by molar-refractivity contribution is 7.71. The van der Waals surface area contributed by atoms with E-state index in [0.717, 1.165) is 0 Å². The van der Waals surface area contributed by atoms with Crippen molar-refractivity contribution in [2.24, 2.45) is 5.92 Å². The summed E-state index contributed by atoms with van der Waals surface area (Å²) in [5.74, 6) is 0.455. The third-order valence-corrected chi connectivity index (χ3v) is 12.6. The molecule has 0 N–H and O–H groups in total. The quantitative estimate of drug-likeness (QED) is 0.313. The second-order valence-electron chi connectivity index (χ2n) is 10.6. The van der Waals surface area contributed by atoms with Gasteiger partial charge in [0.1, 0.15) is 0 Å². The number of aryl methyl sites for hydroxylation is 1. The minimum atomic E-state index is -0.541.